The van der Waals surface area contributed by atoms with Crippen LogP contribution >= 0.6 is 24.2 Å². The number of Topliss-reactive ketones (excluding diaryl/α,β-unsaturated/α-hetero) is 1. The minimum Gasteiger partial charge on any atom is -0.334 e. The first-order valence-corrected chi connectivity index (χ1v) is 10.7. The van der Waals surface area contributed by atoms with Crippen LogP contribution in [0, 0.1) is 12.8 Å². The Balaban J connectivity index is 0.00000196. The van der Waals surface area contributed by atoms with Gasteiger partial charge < -0.3 is 4.57 Å². The van der Waals surface area contributed by atoms with Gasteiger partial charge in [-0.25, -0.2) is 17.4 Å². The molecule has 3 heterocycles. The van der Waals surface area contributed by atoms with Gasteiger partial charge in [0.25, 0.3) is 0 Å². The van der Waals surface area contributed by atoms with E-state index in [9.17, 15) is 13.2 Å². The first-order valence-electron chi connectivity index (χ1n) is 7.86. The lowest BCUT2D eigenvalue weighted by molar-refractivity contribution is 0.0916. The predicted molar refractivity (Wildman–Crippen MR) is 105 cm³/mol. The van der Waals surface area contributed by atoms with E-state index in [4.69, 9.17) is 0 Å². The van der Waals surface area contributed by atoms with Crippen molar-refractivity contribution in [3.05, 3.63) is 48.0 Å². The number of fused-ring (bicyclic) bond motifs is 3. The molecular formula is C17H18ClN3O3S2. The maximum absolute atomic E-state index is 13.2. The van der Waals surface area contributed by atoms with Crippen molar-refractivity contribution in [3.8, 4) is 0 Å². The van der Waals surface area contributed by atoms with E-state index >= 15 is 0 Å². The number of imidazole rings is 1. The average molecular weight is 412 g/mol. The molecule has 1 unspecified atom stereocenters. The van der Waals surface area contributed by atoms with Crippen molar-refractivity contribution in [3.63, 3.8) is 0 Å². The van der Waals surface area contributed by atoms with Gasteiger partial charge in [0.1, 0.15) is 10.9 Å². The van der Waals surface area contributed by atoms with Gasteiger partial charge in [0.05, 0.1) is 17.3 Å². The number of halogens is 1. The fourth-order valence-electron chi connectivity index (χ4n) is 3.32. The molecule has 0 radical (unpaired) electrons. The van der Waals surface area contributed by atoms with E-state index in [2.05, 4.69) is 4.98 Å². The zero-order chi connectivity index (χ0) is 17.8. The van der Waals surface area contributed by atoms with Gasteiger partial charge in [0, 0.05) is 36.0 Å². The monoisotopic (exact) mass is 411 g/mol. The molecule has 138 valence electrons. The van der Waals surface area contributed by atoms with Crippen LogP contribution < -0.4 is 0 Å². The summed E-state index contributed by atoms with van der Waals surface area (Å²) >= 11 is 1.44. The molecule has 6 nitrogen and oxygen atoms in total. The normalized spacial score (nSPS) is 17.2. The van der Waals surface area contributed by atoms with E-state index in [1.807, 2.05) is 29.8 Å². The van der Waals surface area contributed by atoms with Gasteiger partial charge in [-0.2, -0.15) is 0 Å². The number of aromatic nitrogens is 3. The summed E-state index contributed by atoms with van der Waals surface area (Å²) < 4.78 is 27.9. The van der Waals surface area contributed by atoms with Crippen LogP contribution in [0.2, 0.25) is 0 Å². The summed E-state index contributed by atoms with van der Waals surface area (Å²) in [5.41, 5.74) is 1.09. The molecule has 26 heavy (non-hydrogen) atoms. The molecule has 0 bridgehead atoms. The van der Waals surface area contributed by atoms with Gasteiger partial charge in [0.15, 0.2) is 5.78 Å². The van der Waals surface area contributed by atoms with Gasteiger partial charge >= 0.3 is 0 Å². The highest BCUT2D eigenvalue weighted by Crippen LogP contribution is 2.41. The number of benzene rings is 1. The molecule has 0 amide bonds. The first kappa shape index (κ1) is 19.0. The summed E-state index contributed by atoms with van der Waals surface area (Å²) in [4.78, 5) is 17.4. The van der Waals surface area contributed by atoms with Crippen molar-refractivity contribution >= 4 is 50.9 Å². The van der Waals surface area contributed by atoms with Gasteiger partial charge in [0.2, 0.25) is 10.0 Å². The molecule has 0 aliphatic carbocycles. The maximum atomic E-state index is 13.2. The van der Waals surface area contributed by atoms with Gasteiger partial charge in [-0.1, -0.05) is 18.2 Å². The summed E-state index contributed by atoms with van der Waals surface area (Å²) in [6.07, 6.45) is 4.75. The Morgan fingerprint density at radius 2 is 2.04 bits per heavy atom. The SMILES string of the molecule is Cc1nccn1CC1CSc2c(c3ccccc3n2S(C)(=O)=O)C1=O.Cl. The zero-order valence-corrected chi connectivity index (χ0v) is 16.7. The number of nitrogens with zero attached hydrogens (tertiary/aromatic N) is 3. The summed E-state index contributed by atoms with van der Waals surface area (Å²) in [7, 11) is -3.50. The molecule has 0 spiro atoms. The van der Waals surface area contributed by atoms with Crippen LogP contribution in [0.25, 0.3) is 10.9 Å². The van der Waals surface area contributed by atoms with E-state index in [0.717, 1.165) is 5.82 Å². The number of thioether (sulfide) groups is 1. The second-order valence-corrected chi connectivity index (χ2v) is 9.06. The number of rotatable bonds is 3. The number of para-hydroxylation sites is 1. The molecule has 4 rings (SSSR count). The highest BCUT2D eigenvalue weighted by Gasteiger charge is 2.35. The van der Waals surface area contributed by atoms with Crippen molar-refractivity contribution in [1.82, 2.24) is 13.5 Å². The highest BCUT2D eigenvalue weighted by molar-refractivity contribution is 8.00. The predicted octanol–water partition coefficient (Wildman–Crippen LogP) is 2.98. The lowest BCUT2D eigenvalue weighted by atomic mass is 9.98. The smallest absolute Gasteiger partial charge is 0.237 e. The Bertz CT molecular complexity index is 1100. The molecule has 1 aliphatic heterocycles. The molecule has 3 aromatic rings. The Labute approximate surface area is 162 Å². The molecule has 1 aliphatic rings. The van der Waals surface area contributed by atoms with Gasteiger partial charge in [-0.05, 0) is 13.0 Å². The van der Waals surface area contributed by atoms with Crippen LogP contribution in [-0.4, -0.2) is 39.7 Å². The van der Waals surface area contributed by atoms with E-state index in [-0.39, 0.29) is 24.1 Å². The maximum Gasteiger partial charge on any atom is 0.237 e. The average Bonchev–Trinajstić information content (AvgIpc) is 3.11. The number of aryl methyl sites for hydroxylation is 1. The van der Waals surface area contributed by atoms with Crippen molar-refractivity contribution in [1.29, 1.82) is 0 Å². The van der Waals surface area contributed by atoms with Crippen molar-refractivity contribution in [2.45, 2.75) is 18.5 Å². The topological polar surface area (TPSA) is 74.0 Å². The van der Waals surface area contributed by atoms with Gasteiger partial charge in [-0.3, -0.25) is 4.79 Å². The lowest BCUT2D eigenvalue weighted by Crippen LogP contribution is -2.27. The Kier molecular flexibility index (Phi) is 4.94. The lowest BCUT2D eigenvalue weighted by Gasteiger charge is -2.22. The van der Waals surface area contributed by atoms with Crippen LogP contribution in [0.3, 0.4) is 0 Å². The molecule has 1 aromatic carbocycles. The molecule has 0 N–H and O–H groups in total. The minimum atomic E-state index is -3.50. The number of ketones is 1. The Morgan fingerprint density at radius 1 is 1.31 bits per heavy atom. The number of carbonyl (C=O) groups is 1. The van der Waals surface area contributed by atoms with Gasteiger partial charge in [-0.15, -0.1) is 24.2 Å². The van der Waals surface area contributed by atoms with Crippen molar-refractivity contribution in [2.75, 3.05) is 12.0 Å². The van der Waals surface area contributed by atoms with Crippen molar-refractivity contribution in [2.24, 2.45) is 5.92 Å². The number of hydrogen-bond donors (Lipinski definition) is 0. The van der Waals surface area contributed by atoms with E-state index in [1.165, 1.54) is 22.0 Å². The van der Waals surface area contributed by atoms with E-state index in [0.29, 0.717) is 33.8 Å². The Morgan fingerprint density at radius 3 is 2.69 bits per heavy atom. The second kappa shape index (κ2) is 6.75. The fourth-order valence-corrected chi connectivity index (χ4v) is 5.98. The molecule has 0 fully saturated rings. The van der Waals surface area contributed by atoms with Crippen LogP contribution in [-0.2, 0) is 16.6 Å². The largest absolute Gasteiger partial charge is 0.334 e. The third kappa shape index (κ3) is 2.95. The molecule has 0 saturated carbocycles. The second-order valence-electron chi connectivity index (χ2n) is 6.22. The molecule has 2 aromatic heterocycles. The molecule has 1 atom stereocenters. The number of carbonyl (C=O) groups excluding carboxylic acids is 1. The standard InChI is InChI=1S/C17H17N3O3S2.ClH/c1-11-18-7-8-19(11)9-12-10-24-17-15(16(12)21)13-5-3-4-6-14(13)20(17)25(2,22)23;/h3-8,12H,9-10H2,1-2H3;1H. The summed E-state index contributed by atoms with van der Waals surface area (Å²) in [5.74, 6) is 1.21. The number of hydrogen-bond acceptors (Lipinski definition) is 5. The molecular weight excluding hydrogens is 394 g/mol. The minimum absolute atomic E-state index is 0. The summed E-state index contributed by atoms with van der Waals surface area (Å²) in [6.45, 7) is 2.46. The molecule has 9 heteroatoms. The van der Waals surface area contributed by atoms with E-state index < -0.39 is 10.0 Å². The quantitative estimate of drug-likeness (QED) is 0.662. The van der Waals surface area contributed by atoms with E-state index in [1.54, 1.807) is 18.3 Å². The van der Waals surface area contributed by atoms with Crippen LogP contribution in [0.4, 0.5) is 0 Å². The zero-order valence-electron chi connectivity index (χ0n) is 14.2. The summed E-state index contributed by atoms with van der Waals surface area (Å²) in [6, 6.07) is 7.18. The van der Waals surface area contributed by atoms with Crippen molar-refractivity contribution < 1.29 is 13.2 Å². The highest BCUT2D eigenvalue weighted by atomic mass is 35.5. The third-order valence-electron chi connectivity index (χ3n) is 4.50. The molecule has 0 saturated heterocycles. The van der Waals surface area contributed by atoms with Crippen LogP contribution in [0.1, 0.15) is 16.2 Å². The summed E-state index contributed by atoms with van der Waals surface area (Å²) in [5, 5.41) is 1.24. The first-order chi connectivity index (χ1) is 11.9. The fraction of sp³-hybridized carbons (Fsp3) is 0.294. The Hall–Kier alpha value is -1.77. The third-order valence-corrected chi connectivity index (χ3v) is 6.89. The van der Waals surface area contributed by atoms with Crippen LogP contribution in [0.5, 0.6) is 0 Å². The van der Waals surface area contributed by atoms with Crippen LogP contribution in [0.15, 0.2) is 41.7 Å².